The summed E-state index contributed by atoms with van der Waals surface area (Å²) >= 11 is 0. The lowest BCUT2D eigenvalue weighted by Crippen LogP contribution is -2.41. The molecule has 2 aromatic carbocycles. The second-order valence-electron chi connectivity index (χ2n) is 10.2. The number of rotatable bonds is 7. The molecular weight excluding hydrogens is 447 g/mol. The number of benzene rings is 2. The SMILES string of the molecule is N[C@@]1(COP(=O)(O)O)CC[C@@H](c2ccc3c(c2)CC[C@@H](CCc2ccc4ccccc4n2)C3)C1. The lowest BCUT2D eigenvalue weighted by atomic mass is 9.79. The van der Waals surface area contributed by atoms with Crippen LogP contribution in [-0.4, -0.2) is 26.9 Å². The number of nitrogens with two attached hydrogens (primary N) is 1. The predicted molar refractivity (Wildman–Crippen MR) is 134 cm³/mol. The largest absolute Gasteiger partial charge is 0.469 e. The van der Waals surface area contributed by atoms with Crippen molar-refractivity contribution in [1.29, 1.82) is 0 Å². The van der Waals surface area contributed by atoms with Crippen LogP contribution in [0.15, 0.2) is 54.6 Å². The van der Waals surface area contributed by atoms with Crippen LogP contribution in [-0.2, 0) is 28.4 Å². The number of hydrogen-bond donors (Lipinski definition) is 3. The van der Waals surface area contributed by atoms with Crippen molar-refractivity contribution in [3.8, 4) is 0 Å². The van der Waals surface area contributed by atoms with Crippen molar-refractivity contribution >= 4 is 18.7 Å². The van der Waals surface area contributed by atoms with Crippen molar-refractivity contribution < 1.29 is 18.9 Å². The molecule has 180 valence electrons. The van der Waals surface area contributed by atoms with Gasteiger partial charge in [0, 0.05) is 16.6 Å². The van der Waals surface area contributed by atoms with Crippen molar-refractivity contribution in [3.63, 3.8) is 0 Å². The van der Waals surface area contributed by atoms with Crippen molar-refractivity contribution in [2.24, 2.45) is 11.7 Å². The summed E-state index contributed by atoms with van der Waals surface area (Å²) in [5.41, 5.74) is 12.1. The van der Waals surface area contributed by atoms with Gasteiger partial charge in [-0.15, -0.1) is 0 Å². The Labute approximate surface area is 200 Å². The van der Waals surface area contributed by atoms with E-state index in [4.69, 9.17) is 25.0 Å². The van der Waals surface area contributed by atoms with E-state index in [9.17, 15) is 4.57 Å². The average molecular weight is 481 g/mol. The molecular formula is C27H33N2O4P. The zero-order valence-electron chi connectivity index (χ0n) is 19.4. The van der Waals surface area contributed by atoms with Crippen molar-refractivity contribution in [1.82, 2.24) is 4.98 Å². The molecule has 6 nitrogen and oxygen atoms in total. The Morgan fingerprint density at radius 1 is 1.09 bits per heavy atom. The molecule has 0 unspecified atom stereocenters. The molecule has 0 bridgehead atoms. The van der Waals surface area contributed by atoms with Crippen LogP contribution in [0.5, 0.6) is 0 Å². The van der Waals surface area contributed by atoms with Gasteiger partial charge < -0.3 is 15.5 Å². The molecule has 1 aromatic heterocycles. The minimum Gasteiger partial charge on any atom is -0.323 e. The first-order valence-corrected chi connectivity index (χ1v) is 13.7. The van der Waals surface area contributed by atoms with Crippen LogP contribution in [0, 0.1) is 5.92 Å². The topological polar surface area (TPSA) is 106 Å². The zero-order valence-corrected chi connectivity index (χ0v) is 20.3. The fraction of sp³-hybridized carbons (Fsp3) is 0.444. The molecule has 0 amide bonds. The zero-order chi connectivity index (χ0) is 23.8. The fourth-order valence-electron chi connectivity index (χ4n) is 5.74. The van der Waals surface area contributed by atoms with Crippen LogP contribution in [0.2, 0.25) is 0 Å². The molecule has 4 N–H and O–H groups in total. The third-order valence-corrected chi connectivity index (χ3v) is 8.13. The maximum atomic E-state index is 11.1. The number of aryl methyl sites for hydroxylation is 2. The molecule has 3 atom stereocenters. The third kappa shape index (κ3) is 5.59. The highest BCUT2D eigenvalue weighted by atomic mass is 31.2. The Bertz CT molecular complexity index is 1230. The third-order valence-electron chi connectivity index (χ3n) is 7.66. The predicted octanol–water partition coefficient (Wildman–Crippen LogP) is 5.05. The number of phosphoric acid groups is 1. The minimum atomic E-state index is -4.49. The van der Waals surface area contributed by atoms with Gasteiger partial charge in [0.05, 0.1) is 12.1 Å². The molecule has 7 heteroatoms. The van der Waals surface area contributed by atoms with E-state index in [1.165, 1.54) is 34.2 Å². The van der Waals surface area contributed by atoms with E-state index in [1.54, 1.807) is 0 Å². The minimum absolute atomic E-state index is 0.105. The second-order valence-corrected chi connectivity index (χ2v) is 11.5. The Balaban J connectivity index is 1.18. The van der Waals surface area contributed by atoms with Crippen LogP contribution in [0.25, 0.3) is 10.9 Å². The molecule has 0 radical (unpaired) electrons. The van der Waals surface area contributed by atoms with Crippen LogP contribution in [0.4, 0.5) is 0 Å². The van der Waals surface area contributed by atoms with E-state index in [0.717, 1.165) is 37.6 Å². The smallest absolute Gasteiger partial charge is 0.323 e. The fourth-order valence-corrected chi connectivity index (χ4v) is 6.16. The molecule has 0 aliphatic heterocycles. The normalized spacial score (nSPS) is 24.9. The first kappa shape index (κ1) is 23.7. The molecule has 0 spiro atoms. The van der Waals surface area contributed by atoms with Gasteiger partial charge in [-0.25, -0.2) is 4.57 Å². The monoisotopic (exact) mass is 480 g/mol. The van der Waals surface area contributed by atoms with Gasteiger partial charge >= 0.3 is 7.82 Å². The van der Waals surface area contributed by atoms with Gasteiger partial charge in [0.1, 0.15) is 0 Å². The van der Waals surface area contributed by atoms with E-state index in [1.807, 2.05) is 6.07 Å². The van der Waals surface area contributed by atoms with E-state index in [0.29, 0.717) is 24.7 Å². The summed E-state index contributed by atoms with van der Waals surface area (Å²) < 4.78 is 15.8. The maximum absolute atomic E-state index is 11.1. The highest BCUT2D eigenvalue weighted by Crippen LogP contribution is 2.44. The van der Waals surface area contributed by atoms with Crippen LogP contribution >= 0.6 is 7.82 Å². The number of phosphoric ester groups is 1. The van der Waals surface area contributed by atoms with E-state index < -0.39 is 13.4 Å². The number of para-hydroxylation sites is 1. The average Bonchev–Trinajstić information content (AvgIpc) is 3.23. The van der Waals surface area contributed by atoms with Crippen molar-refractivity contribution in [2.45, 2.75) is 62.8 Å². The van der Waals surface area contributed by atoms with Gasteiger partial charge in [-0.05, 0) is 92.0 Å². The van der Waals surface area contributed by atoms with Crippen molar-refractivity contribution in [3.05, 3.63) is 77.0 Å². The van der Waals surface area contributed by atoms with E-state index >= 15 is 0 Å². The first-order chi connectivity index (χ1) is 16.3. The molecule has 1 heterocycles. The Kier molecular flexibility index (Phi) is 6.62. The second kappa shape index (κ2) is 9.52. The summed E-state index contributed by atoms with van der Waals surface area (Å²) in [7, 11) is -4.49. The van der Waals surface area contributed by atoms with Gasteiger partial charge in [0.25, 0.3) is 0 Å². The van der Waals surface area contributed by atoms with Gasteiger partial charge in [-0.2, -0.15) is 0 Å². The summed E-state index contributed by atoms with van der Waals surface area (Å²) in [5.74, 6) is 0.993. The molecule has 2 aliphatic carbocycles. The van der Waals surface area contributed by atoms with Gasteiger partial charge in [-0.3, -0.25) is 9.51 Å². The Morgan fingerprint density at radius 3 is 2.79 bits per heavy atom. The summed E-state index contributed by atoms with van der Waals surface area (Å²) in [5, 5.41) is 1.19. The number of nitrogens with zero attached hydrogens (tertiary/aromatic N) is 1. The first-order valence-electron chi connectivity index (χ1n) is 12.2. The molecule has 2 aliphatic rings. The van der Waals surface area contributed by atoms with Crippen molar-refractivity contribution in [2.75, 3.05) is 6.61 Å². The molecule has 1 saturated carbocycles. The van der Waals surface area contributed by atoms with E-state index in [-0.39, 0.29) is 6.61 Å². The quantitative estimate of drug-likeness (QED) is 0.409. The molecule has 3 aromatic rings. The molecule has 34 heavy (non-hydrogen) atoms. The maximum Gasteiger partial charge on any atom is 0.469 e. The number of hydrogen-bond acceptors (Lipinski definition) is 4. The lowest BCUT2D eigenvalue weighted by molar-refractivity contribution is 0.153. The highest BCUT2D eigenvalue weighted by molar-refractivity contribution is 7.46. The Hall–Kier alpha value is -2.08. The van der Waals surface area contributed by atoms with Gasteiger partial charge in [0.15, 0.2) is 0 Å². The van der Waals surface area contributed by atoms with Gasteiger partial charge in [0.2, 0.25) is 0 Å². The number of aromatic nitrogens is 1. The standard InChI is InChI=1S/C27H33N2O4P/c28-27(18-33-34(30,31)32)14-13-24(17-27)23-9-8-21-15-19(5-7-22(21)16-23)6-11-25-12-10-20-3-1-2-4-26(20)29-25/h1-4,8-10,12,16,19,24H,5-7,11,13-15,17-18,28H2,(H2,30,31,32)/t19-,24+,27-/m0/s1. The highest BCUT2D eigenvalue weighted by Gasteiger charge is 2.38. The summed E-state index contributed by atoms with van der Waals surface area (Å²) in [6.45, 7) is -0.105. The number of fused-ring (bicyclic) bond motifs is 2. The molecule has 0 saturated heterocycles. The number of pyridine rings is 1. The molecule has 5 rings (SSSR count). The van der Waals surface area contributed by atoms with Gasteiger partial charge in [-0.1, -0.05) is 42.5 Å². The molecule has 1 fully saturated rings. The van der Waals surface area contributed by atoms with Crippen LogP contribution in [0.3, 0.4) is 0 Å². The summed E-state index contributed by atoms with van der Waals surface area (Å²) in [6, 6.07) is 19.5. The summed E-state index contributed by atoms with van der Waals surface area (Å²) in [4.78, 5) is 22.8. The summed E-state index contributed by atoms with van der Waals surface area (Å²) in [6.07, 6.45) is 7.90. The van der Waals surface area contributed by atoms with E-state index in [2.05, 4.69) is 48.5 Å². The van der Waals surface area contributed by atoms with Crippen LogP contribution < -0.4 is 5.73 Å². The Morgan fingerprint density at radius 2 is 1.94 bits per heavy atom. The van der Waals surface area contributed by atoms with Crippen LogP contribution in [0.1, 0.15) is 60.4 Å². The lowest BCUT2D eigenvalue weighted by Gasteiger charge is -2.27.